The predicted octanol–water partition coefficient (Wildman–Crippen LogP) is 3.74. The van der Waals surface area contributed by atoms with E-state index in [9.17, 15) is 4.79 Å². The molecule has 0 saturated heterocycles. The average Bonchev–Trinajstić information content (AvgIpc) is 2.95. The summed E-state index contributed by atoms with van der Waals surface area (Å²) in [6.07, 6.45) is 1.11. The van der Waals surface area contributed by atoms with Crippen LogP contribution in [0.2, 0.25) is 0 Å². The van der Waals surface area contributed by atoms with E-state index in [1.807, 2.05) is 42.6 Å². The lowest BCUT2D eigenvalue weighted by molar-refractivity contribution is 0.607. The summed E-state index contributed by atoms with van der Waals surface area (Å²) in [5, 5.41) is 11.3. The number of benzene rings is 1. The Bertz CT molecular complexity index is 903. The maximum absolute atomic E-state index is 12.8. The molecule has 0 aliphatic rings. The summed E-state index contributed by atoms with van der Waals surface area (Å²) >= 11 is 1.50. The van der Waals surface area contributed by atoms with Gasteiger partial charge < -0.3 is 0 Å². The van der Waals surface area contributed by atoms with Crippen LogP contribution in [0.5, 0.6) is 0 Å². The first-order valence-electron chi connectivity index (χ1n) is 7.13. The SMILES string of the molecule is Cc1nc2scc(-c3ccccc3)c2c(=O)n1CCCC#N. The third kappa shape index (κ3) is 2.53. The maximum Gasteiger partial charge on any atom is 0.262 e. The van der Waals surface area contributed by atoms with E-state index >= 15 is 0 Å². The summed E-state index contributed by atoms with van der Waals surface area (Å²) in [4.78, 5) is 18.2. The van der Waals surface area contributed by atoms with Crippen LogP contribution in [0, 0.1) is 18.3 Å². The van der Waals surface area contributed by atoms with Gasteiger partial charge in [0, 0.05) is 23.9 Å². The zero-order valence-electron chi connectivity index (χ0n) is 12.2. The number of nitrogens with zero attached hydrogens (tertiary/aromatic N) is 3. The Morgan fingerprint density at radius 1 is 1.32 bits per heavy atom. The summed E-state index contributed by atoms with van der Waals surface area (Å²) in [5.74, 6) is 0.705. The van der Waals surface area contributed by atoms with E-state index in [2.05, 4.69) is 11.1 Å². The van der Waals surface area contributed by atoms with Crippen molar-refractivity contribution < 1.29 is 0 Å². The minimum Gasteiger partial charge on any atom is -0.296 e. The van der Waals surface area contributed by atoms with Crippen molar-refractivity contribution >= 4 is 21.6 Å². The van der Waals surface area contributed by atoms with Crippen LogP contribution in [0.25, 0.3) is 21.3 Å². The molecule has 3 aromatic rings. The molecule has 5 heteroatoms. The summed E-state index contributed by atoms with van der Waals surface area (Å²) in [7, 11) is 0. The molecule has 4 nitrogen and oxygen atoms in total. The molecular weight excluding hydrogens is 294 g/mol. The van der Waals surface area contributed by atoms with Crippen molar-refractivity contribution in [3.05, 3.63) is 51.9 Å². The predicted molar refractivity (Wildman–Crippen MR) is 88.9 cm³/mol. The van der Waals surface area contributed by atoms with Crippen LogP contribution in [0.1, 0.15) is 18.7 Å². The Morgan fingerprint density at radius 2 is 2.09 bits per heavy atom. The Balaban J connectivity index is 2.16. The fourth-order valence-electron chi connectivity index (χ4n) is 2.54. The topological polar surface area (TPSA) is 58.7 Å². The second-order valence-corrected chi connectivity index (χ2v) is 5.93. The molecule has 3 rings (SSSR count). The van der Waals surface area contributed by atoms with Crippen LogP contribution in [0.4, 0.5) is 0 Å². The molecule has 0 N–H and O–H groups in total. The monoisotopic (exact) mass is 309 g/mol. The number of thiophene rings is 1. The number of fused-ring (bicyclic) bond motifs is 1. The third-order valence-corrected chi connectivity index (χ3v) is 4.51. The molecule has 110 valence electrons. The van der Waals surface area contributed by atoms with Gasteiger partial charge in [-0.25, -0.2) is 4.98 Å². The molecule has 0 aliphatic carbocycles. The Morgan fingerprint density at radius 3 is 2.82 bits per heavy atom. The van der Waals surface area contributed by atoms with Crippen molar-refractivity contribution in [3.63, 3.8) is 0 Å². The fourth-order valence-corrected chi connectivity index (χ4v) is 3.52. The van der Waals surface area contributed by atoms with Gasteiger partial charge in [0.2, 0.25) is 0 Å². The fraction of sp³-hybridized carbons (Fsp3) is 0.235. The van der Waals surface area contributed by atoms with E-state index in [1.54, 1.807) is 4.57 Å². The van der Waals surface area contributed by atoms with Gasteiger partial charge in [0.15, 0.2) is 0 Å². The number of hydrogen-bond donors (Lipinski definition) is 0. The molecule has 2 heterocycles. The molecule has 1 aromatic carbocycles. The highest BCUT2D eigenvalue weighted by atomic mass is 32.1. The summed E-state index contributed by atoms with van der Waals surface area (Å²) in [5.41, 5.74) is 1.95. The smallest absolute Gasteiger partial charge is 0.262 e. The summed E-state index contributed by atoms with van der Waals surface area (Å²) in [6.45, 7) is 2.38. The molecule has 0 atom stereocenters. The van der Waals surface area contributed by atoms with Gasteiger partial charge >= 0.3 is 0 Å². The largest absolute Gasteiger partial charge is 0.296 e. The van der Waals surface area contributed by atoms with Crippen molar-refractivity contribution in [2.75, 3.05) is 0 Å². The summed E-state index contributed by atoms with van der Waals surface area (Å²) in [6, 6.07) is 12.0. The molecule has 2 aromatic heterocycles. The highest BCUT2D eigenvalue weighted by molar-refractivity contribution is 7.17. The van der Waals surface area contributed by atoms with Gasteiger partial charge in [-0.2, -0.15) is 5.26 Å². The average molecular weight is 309 g/mol. The normalized spacial score (nSPS) is 10.7. The third-order valence-electron chi connectivity index (χ3n) is 3.64. The molecule has 0 radical (unpaired) electrons. The zero-order chi connectivity index (χ0) is 15.5. The lowest BCUT2D eigenvalue weighted by Gasteiger charge is -2.09. The van der Waals surface area contributed by atoms with E-state index in [-0.39, 0.29) is 5.56 Å². The lowest BCUT2D eigenvalue weighted by Crippen LogP contribution is -2.23. The van der Waals surface area contributed by atoms with Gasteiger partial charge in [0.25, 0.3) is 5.56 Å². The molecule has 0 spiro atoms. The van der Waals surface area contributed by atoms with Gasteiger partial charge in [-0.1, -0.05) is 30.3 Å². The molecule has 0 aliphatic heterocycles. The number of hydrogen-bond acceptors (Lipinski definition) is 4. The number of nitriles is 1. The number of aryl methyl sites for hydroxylation is 1. The molecule has 0 unspecified atom stereocenters. The molecular formula is C17H15N3OS. The minimum atomic E-state index is -0.0134. The van der Waals surface area contributed by atoms with E-state index in [0.717, 1.165) is 16.0 Å². The van der Waals surface area contributed by atoms with Crippen molar-refractivity contribution in [2.24, 2.45) is 0 Å². The van der Waals surface area contributed by atoms with E-state index in [0.29, 0.717) is 30.6 Å². The van der Waals surface area contributed by atoms with Gasteiger partial charge in [-0.05, 0) is 18.9 Å². The highest BCUT2D eigenvalue weighted by Gasteiger charge is 2.14. The molecule has 0 amide bonds. The highest BCUT2D eigenvalue weighted by Crippen LogP contribution is 2.30. The van der Waals surface area contributed by atoms with Crippen molar-refractivity contribution in [2.45, 2.75) is 26.3 Å². The standard InChI is InChI=1S/C17H15N3OS/c1-12-19-16-15(17(21)20(12)10-6-5-9-18)14(11-22-16)13-7-3-2-4-8-13/h2-4,7-8,11H,5-6,10H2,1H3. The number of unbranched alkanes of at least 4 members (excludes halogenated alkanes) is 1. The Labute approximate surface area is 132 Å². The molecule has 0 saturated carbocycles. The van der Waals surface area contributed by atoms with Crippen LogP contribution in [-0.2, 0) is 6.54 Å². The van der Waals surface area contributed by atoms with E-state index in [4.69, 9.17) is 5.26 Å². The quantitative estimate of drug-likeness (QED) is 0.690. The zero-order valence-corrected chi connectivity index (χ0v) is 13.1. The molecule has 0 fully saturated rings. The van der Waals surface area contributed by atoms with Crippen LogP contribution < -0.4 is 5.56 Å². The van der Waals surface area contributed by atoms with E-state index in [1.165, 1.54) is 11.3 Å². The van der Waals surface area contributed by atoms with Crippen molar-refractivity contribution in [1.29, 1.82) is 5.26 Å². The number of rotatable bonds is 4. The first-order chi connectivity index (χ1) is 10.7. The van der Waals surface area contributed by atoms with Gasteiger partial charge in [-0.3, -0.25) is 9.36 Å². The number of aromatic nitrogens is 2. The van der Waals surface area contributed by atoms with Gasteiger partial charge in [0.05, 0.1) is 11.5 Å². The van der Waals surface area contributed by atoms with Crippen LogP contribution in [0.15, 0.2) is 40.5 Å². The van der Waals surface area contributed by atoms with Crippen LogP contribution in [0.3, 0.4) is 0 Å². The minimum absolute atomic E-state index is 0.0134. The summed E-state index contributed by atoms with van der Waals surface area (Å²) < 4.78 is 1.68. The van der Waals surface area contributed by atoms with Crippen molar-refractivity contribution in [3.8, 4) is 17.2 Å². The van der Waals surface area contributed by atoms with Crippen LogP contribution >= 0.6 is 11.3 Å². The second-order valence-electron chi connectivity index (χ2n) is 5.07. The first-order valence-corrected chi connectivity index (χ1v) is 8.01. The van der Waals surface area contributed by atoms with Gasteiger partial charge in [0.1, 0.15) is 10.7 Å². The maximum atomic E-state index is 12.8. The Kier molecular flexibility index (Phi) is 4.03. The molecule has 22 heavy (non-hydrogen) atoms. The first kappa shape index (κ1) is 14.5. The Hall–Kier alpha value is -2.45. The van der Waals surface area contributed by atoms with Gasteiger partial charge in [-0.15, -0.1) is 11.3 Å². The van der Waals surface area contributed by atoms with E-state index < -0.39 is 0 Å². The lowest BCUT2D eigenvalue weighted by atomic mass is 10.1. The second kappa shape index (κ2) is 6.12. The van der Waals surface area contributed by atoms with Crippen molar-refractivity contribution in [1.82, 2.24) is 9.55 Å². The molecule has 0 bridgehead atoms. The van der Waals surface area contributed by atoms with Crippen LogP contribution in [-0.4, -0.2) is 9.55 Å².